The van der Waals surface area contributed by atoms with Crippen molar-refractivity contribution in [2.45, 2.75) is 56.5 Å². The first-order valence-electron chi connectivity index (χ1n) is 7.47. The van der Waals surface area contributed by atoms with Crippen molar-refractivity contribution in [3.05, 3.63) is 28.2 Å². The molecular formula is C15H23BrN2O2S. The molecule has 0 spiro atoms. The SMILES string of the molecule is CCC1CCC(NS(=O)(=O)c2cc(CN)ccc2Br)CC1. The monoisotopic (exact) mass is 374 g/mol. The second kappa shape index (κ2) is 7.22. The van der Waals surface area contributed by atoms with Crippen molar-refractivity contribution in [2.75, 3.05) is 0 Å². The predicted octanol–water partition coefficient (Wildman–Crippen LogP) is 3.15. The first kappa shape index (κ1) is 16.9. The Morgan fingerprint density at radius 3 is 2.52 bits per heavy atom. The molecule has 0 amide bonds. The standard InChI is InChI=1S/C15H23BrN2O2S/c1-2-11-3-6-13(7-4-11)18-21(19,20)15-9-12(10-17)5-8-14(15)16/h5,8-9,11,13,18H,2-4,6-7,10,17H2,1H3. The fourth-order valence-corrected chi connectivity index (χ4v) is 5.17. The molecular weight excluding hydrogens is 352 g/mol. The third-order valence-electron chi connectivity index (χ3n) is 4.27. The molecule has 4 nitrogen and oxygen atoms in total. The summed E-state index contributed by atoms with van der Waals surface area (Å²) >= 11 is 3.32. The fraction of sp³-hybridized carbons (Fsp3) is 0.600. The number of nitrogens with two attached hydrogens (primary N) is 1. The molecule has 21 heavy (non-hydrogen) atoms. The molecule has 0 heterocycles. The molecule has 0 bridgehead atoms. The molecule has 1 aromatic rings. The Morgan fingerprint density at radius 2 is 1.95 bits per heavy atom. The van der Waals surface area contributed by atoms with Crippen LogP contribution in [0.25, 0.3) is 0 Å². The van der Waals surface area contributed by atoms with E-state index < -0.39 is 10.0 Å². The van der Waals surface area contributed by atoms with Gasteiger partial charge in [0.05, 0.1) is 4.90 Å². The fourth-order valence-electron chi connectivity index (χ4n) is 2.85. The zero-order valence-corrected chi connectivity index (χ0v) is 14.7. The van der Waals surface area contributed by atoms with Gasteiger partial charge >= 0.3 is 0 Å². The van der Waals surface area contributed by atoms with Crippen molar-refractivity contribution in [3.63, 3.8) is 0 Å². The van der Waals surface area contributed by atoms with E-state index in [0.717, 1.165) is 37.2 Å². The Morgan fingerprint density at radius 1 is 1.29 bits per heavy atom. The van der Waals surface area contributed by atoms with E-state index >= 15 is 0 Å². The number of sulfonamides is 1. The van der Waals surface area contributed by atoms with Gasteiger partial charge < -0.3 is 5.73 Å². The molecule has 118 valence electrons. The molecule has 3 N–H and O–H groups in total. The average molecular weight is 375 g/mol. The highest BCUT2D eigenvalue weighted by molar-refractivity contribution is 9.10. The molecule has 1 aromatic carbocycles. The van der Waals surface area contributed by atoms with Crippen LogP contribution < -0.4 is 10.5 Å². The van der Waals surface area contributed by atoms with Crippen LogP contribution in [-0.2, 0) is 16.6 Å². The average Bonchev–Trinajstić information content (AvgIpc) is 2.48. The topological polar surface area (TPSA) is 72.2 Å². The van der Waals surface area contributed by atoms with Crippen molar-refractivity contribution in [2.24, 2.45) is 11.7 Å². The summed E-state index contributed by atoms with van der Waals surface area (Å²) in [6.07, 6.45) is 5.24. The molecule has 0 saturated heterocycles. The second-order valence-corrected chi connectivity index (χ2v) is 8.25. The van der Waals surface area contributed by atoms with Crippen LogP contribution in [0.2, 0.25) is 0 Å². The van der Waals surface area contributed by atoms with E-state index in [1.807, 2.05) is 6.07 Å². The second-order valence-electron chi connectivity index (χ2n) is 5.72. The van der Waals surface area contributed by atoms with Crippen molar-refractivity contribution in [1.29, 1.82) is 0 Å². The number of halogens is 1. The summed E-state index contributed by atoms with van der Waals surface area (Å²) in [5.74, 6) is 0.748. The minimum atomic E-state index is -3.50. The summed E-state index contributed by atoms with van der Waals surface area (Å²) < 4.78 is 28.5. The summed E-state index contributed by atoms with van der Waals surface area (Å²) in [6, 6.07) is 5.26. The van der Waals surface area contributed by atoms with E-state index in [4.69, 9.17) is 5.73 Å². The molecule has 0 unspecified atom stereocenters. The van der Waals surface area contributed by atoms with Crippen LogP contribution in [0.1, 0.15) is 44.6 Å². The van der Waals surface area contributed by atoms with Gasteiger partial charge in [-0.15, -0.1) is 0 Å². The lowest BCUT2D eigenvalue weighted by Crippen LogP contribution is -2.37. The van der Waals surface area contributed by atoms with Crippen LogP contribution in [0.15, 0.2) is 27.6 Å². The zero-order chi connectivity index (χ0) is 15.5. The van der Waals surface area contributed by atoms with E-state index in [1.165, 1.54) is 6.42 Å². The van der Waals surface area contributed by atoms with Gasteiger partial charge in [-0.1, -0.05) is 19.4 Å². The quantitative estimate of drug-likeness (QED) is 0.831. The largest absolute Gasteiger partial charge is 0.326 e. The number of nitrogens with one attached hydrogen (secondary N) is 1. The minimum Gasteiger partial charge on any atom is -0.326 e. The molecule has 0 aliphatic heterocycles. The maximum atomic E-state index is 12.6. The third-order valence-corrected chi connectivity index (χ3v) is 6.78. The minimum absolute atomic E-state index is 0.0474. The van der Waals surface area contributed by atoms with Gasteiger partial charge in [0.15, 0.2) is 0 Å². The third kappa shape index (κ3) is 4.28. The molecule has 2 rings (SSSR count). The van der Waals surface area contributed by atoms with Crippen molar-refractivity contribution < 1.29 is 8.42 Å². The van der Waals surface area contributed by atoms with Gasteiger partial charge in [0.2, 0.25) is 10.0 Å². The van der Waals surface area contributed by atoms with Gasteiger partial charge in [-0.2, -0.15) is 0 Å². The van der Waals surface area contributed by atoms with E-state index in [1.54, 1.807) is 12.1 Å². The van der Waals surface area contributed by atoms with E-state index in [2.05, 4.69) is 27.6 Å². The summed E-state index contributed by atoms with van der Waals surface area (Å²) in [5.41, 5.74) is 6.41. The Bertz CT molecular complexity index is 581. The van der Waals surface area contributed by atoms with Crippen LogP contribution in [-0.4, -0.2) is 14.5 Å². The molecule has 0 radical (unpaired) electrons. The predicted molar refractivity (Wildman–Crippen MR) is 88.4 cm³/mol. The number of benzene rings is 1. The normalized spacial score (nSPS) is 23.2. The number of rotatable bonds is 5. The highest BCUT2D eigenvalue weighted by Crippen LogP contribution is 2.29. The Labute approximate surface area is 135 Å². The van der Waals surface area contributed by atoms with Crippen LogP contribution in [0.4, 0.5) is 0 Å². The summed E-state index contributed by atoms with van der Waals surface area (Å²) in [7, 11) is -3.50. The Balaban J connectivity index is 2.12. The van der Waals surface area contributed by atoms with E-state index in [9.17, 15) is 8.42 Å². The Hall–Kier alpha value is -0.430. The van der Waals surface area contributed by atoms with Crippen LogP contribution in [0.3, 0.4) is 0 Å². The molecule has 1 aliphatic carbocycles. The first-order chi connectivity index (χ1) is 9.96. The first-order valence-corrected chi connectivity index (χ1v) is 9.74. The van der Waals surface area contributed by atoms with Gasteiger partial charge in [0, 0.05) is 17.1 Å². The van der Waals surface area contributed by atoms with Crippen molar-refractivity contribution in [3.8, 4) is 0 Å². The highest BCUT2D eigenvalue weighted by Gasteiger charge is 2.26. The lowest BCUT2D eigenvalue weighted by atomic mass is 9.85. The van der Waals surface area contributed by atoms with Crippen LogP contribution >= 0.6 is 15.9 Å². The Kier molecular flexibility index (Phi) is 5.82. The molecule has 1 saturated carbocycles. The molecule has 6 heteroatoms. The zero-order valence-electron chi connectivity index (χ0n) is 12.3. The summed E-state index contributed by atoms with van der Waals surface area (Å²) in [4.78, 5) is 0.281. The number of hydrogen-bond acceptors (Lipinski definition) is 3. The molecule has 1 aliphatic rings. The van der Waals surface area contributed by atoms with Gasteiger partial charge in [-0.05, 0) is 65.2 Å². The lowest BCUT2D eigenvalue weighted by molar-refractivity contribution is 0.306. The number of hydrogen-bond donors (Lipinski definition) is 2. The van der Waals surface area contributed by atoms with E-state index in [-0.39, 0.29) is 10.9 Å². The summed E-state index contributed by atoms with van der Waals surface area (Å²) in [6.45, 7) is 2.53. The van der Waals surface area contributed by atoms with Crippen molar-refractivity contribution >= 4 is 26.0 Å². The van der Waals surface area contributed by atoms with E-state index in [0.29, 0.717) is 11.0 Å². The van der Waals surface area contributed by atoms with Gasteiger partial charge in [0.25, 0.3) is 0 Å². The maximum Gasteiger partial charge on any atom is 0.241 e. The van der Waals surface area contributed by atoms with Crippen LogP contribution in [0, 0.1) is 5.92 Å². The van der Waals surface area contributed by atoms with Crippen molar-refractivity contribution in [1.82, 2.24) is 4.72 Å². The van der Waals surface area contributed by atoms with Gasteiger partial charge in [-0.3, -0.25) is 0 Å². The lowest BCUT2D eigenvalue weighted by Gasteiger charge is -2.28. The smallest absolute Gasteiger partial charge is 0.241 e. The van der Waals surface area contributed by atoms with Gasteiger partial charge in [-0.25, -0.2) is 13.1 Å². The highest BCUT2D eigenvalue weighted by atomic mass is 79.9. The molecule has 0 atom stereocenters. The summed E-state index contributed by atoms with van der Waals surface area (Å²) in [5, 5.41) is 0. The van der Waals surface area contributed by atoms with Crippen LogP contribution in [0.5, 0.6) is 0 Å². The maximum absolute atomic E-state index is 12.6. The molecule has 0 aromatic heterocycles. The van der Waals surface area contributed by atoms with Gasteiger partial charge in [0.1, 0.15) is 0 Å². The molecule has 1 fully saturated rings.